The predicted molar refractivity (Wildman–Crippen MR) is 76.9 cm³/mol. The lowest BCUT2D eigenvalue weighted by atomic mass is 9.87. The van der Waals surface area contributed by atoms with Crippen molar-refractivity contribution in [3.63, 3.8) is 0 Å². The molecule has 2 fully saturated rings. The number of carboxylic acids is 1. The minimum atomic E-state index is -3.50. The van der Waals surface area contributed by atoms with E-state index in [2.05, 4.69) is 6.92 Å². The van der Waals surface area contributed by atoms with Crippen molar-refractivity contribution in [2.75, 3.05) is 7.05 Å². The van der Waals surface area contributed by atoms with Crippen LogP contribution >= 0.6 is 0 Å². The molecule has 2 atom stereocenters. The molecule has 5 nitrogen and oxygen atoms in total. The molecule has 0 radical (unpaired) electrons. The molecule has 2 saturated carbocycles. The van der Waals surface area contributed by atoms with Crippen LogP contribution in [-0.4, -0.2) is 42.1 Å². The summed E-state index contributed by atoms with van der Waals surface area (Å²) in [4.78, 5) is 11.2. The number of hydrogen-bond acceptors (Lipinski definition) is 3. The van der Waals surface area contributed by atoms with E-state index in [4.69, 9.17) is 0 Å². The van der Waals surface area contributed by atoms with Crippen molar-refractivity contribution < 1.29 is 18.3 Å². The van der Waals surface area contributed by atoms with Gasteiger partial charge in [0.25, 0.3) is 0 Å². The Hall–Kier alpha value is -0.620. The van der Waals surface area contributed by atoms with E-state index in [9.17, 15) is 18.3 Å². The van der Waals surface area contributed by atoms with Gasteiger partial charge in [0.15, 0.2) is 0 Å². The van der Waals surface area contributed by atoms with E-state index in [1.807, 2.05) is 0 Å². The summed E-state index contributed by atoms with van der Waals surface area (Å²) in [5.74, 6) is -1.03. The van der Waals surface area contributed by atoms with E-state index in [1.165, 1.54) is 4.31 Å². The lowest BCUT2D eigenvalue weighted by molar-refractivity contribution is -0.141. The summed E-state index contributed by atoms with van der Waals surface area (Å²) in [6.07, 6.45) is 5.54. The van der Waals surface area contributed by atoms with Gasteiger partial charge in [0, 0.05) is 13.1 Å². The lowest BCUT2D eigenvalue weighted by Crippen LogP contribution is -2.46. The molecular weight excluding hydrogens is 278 g/mol. The molecule has 0 spiro atoms. The number of carboxylic acid groups (broad SMARTS) is 1. The third-order valence-corrected chi connectivity index (χ3v) is 7.48. The molecule has 0 saturated heterocycles. The van der Waals surface area contributed by atoms with Crippen molar-refractivity contribution in [3.8, 4) is 0 Å². The Morgan fingerprint density at radius 3 is 2.25 bits per heavy atom. The summed E-state index contributed by atoms with van der Waals surface area (Å²) in [5.41, 5.74) is 0. The molecule has 0 heterocycles. The molecule has 2 aliphatic carbocycles. The van der Waals surface area contributed by atoms with Gasteiger partial charge in [-0.05, 0) is 44.4 Å². The van der Waals surface area contributed by atoms with Crippen LogP contribution in [0, 0.1) is 11.8 Å². The highest BCUT2D eigenvalue weighted by Crippen LogP contribution is 2.35. The quantitative estimate of drug-likeness (QED) is 0.863. The SMILES string of the molecule is CC1CCC(N(C)S(=O)(=O)C2CCCC2C(=O)O)CC1. The molecule has 2 rings (SSSR count). The van der Waals surface area contributed by atoms with Crippen LogP contribution in [-0.2, 0) is 14.8 Å². The zero-order chi connectivity index (χ0) is 14.9. The summed E-state index contributed by atoms with van der Waals surface area (Å²) >= 11 is 0. The molecule has 20 heavy (non-hydrogen) atoms. The van der Waals surface area contributed by atoms with Crippen LogP contribution < -0.4 is 0 Å². The number of sulfonamides is 1. The van der Waals surface area contributed by atoms with Gasteiger partial charge in [-0.25, -0.2) is 12.7 Å². The number of carbonyl (C=O) groups is 1. The van der Waals surface area contributed by atoms with Crippen molar-refractivity contribution in [1.29, 1.82) is 0 Å². The van der Waals surface area contributed by atoms with Crippen molar-refractivity contribution in [2.45, 2.75) is 63.2 Å². The van der Waals surface area contributed by atoms with Crippen molar-refractivity contribution >= 4 is 16.0 Å². The maximum Gasteiger partial charge on any atom is 0.307 e. The zero-order valence-electron chi connectivity index (χ0n) is 12.3. The smallest absolute Gasteiger partial charge is 0.307 e. The molecule has 2 aliphatic rings. The normalized spacial score (nSPS) is 35.4. The van der Waals surface area contributed by atoms with E-state index in [0.29, 0.717) is 25.2 Å². The third-order valence-electron chi connectivity index (χ3n) is 5.05. The van der Waals surface area contributed by atoms with E-state index >= 15 is 0 Å². The molecular formula is C14H25NO4S. The second-order valence-corrected chi connectivity index (χ2v) is 8.60. The number of hydrogen-bond donors (Lipinski definition) is 1. The minimum Gasteiger partial charge on any atom is -0.481 e. The van der Waals surface area contributed by atoms with Crippen molar-refractivity contribution in [1.82, 2.24) is 4.31 Å². The van der Waals surface area contributed by atoms with E-state index in [-0.39, 0.29) is 6.04 Å². The molecule has 0 aromatic carbocycles. The zero-order valence-corrected chi connectivity index (χ0v) is 13.1. The van der Waals surface area contributed by atoms with Crippen molar-refractivity contribution in [3.05, 3.63) is 0 Å². The molecule has 2 unspecified atom stereocenters. The fourth-order valence-corrected chi connectivity index (χ4v) is 5.78. The highest BCUT2D eigenvalue weighted by molar-refractivity contribution is 7.89. The first-order valence-electron chi connectivity index (χ1n) is 7.53. The molecule has 116 valence electrons. The van der Waals surface area contributed by atoms with Gasteiger partial charge >= 0.3 is 5.97 Å². The third kappa shape index (κ3) is 3.01. The van der Waals surface area contributed by atoms with Gasteiger partial charge in [-0.3, -0.25) is 4.79 Å². The van der Waals surface area contributed by atoms with E-state index in [1.54, 1.807) is 7.05 Å². The highest BCUT2D eigenvalue weighted by atomic mass is 32.2. The topological polar surface area (TPSA) is 74.7 Å². The van der Waals surface area contributed by atoms with E-state index in [0.717, 1.165) is 25.7 Å². The Morgan fingerprint density at radius 1 is 1.10 bits per heavy atom. The number of rotatable bonds is 4. The molecule has 6 heteroatoms. The minimum absolute atomic E-state index is 0.0474. The van der Waals surface area contributed by atoms with Gasteiger partial charge in [-0.2, -0.15) is 0 Å². The fraction of sp³-hybridized carbons (Fsp3) is 0.929. The first-order valence-corrected chi connectivity index (χ1v) is 9.04. The van der Waals surface area contributed by atoms with Crippen LogP contribution in [0.25, 0.3) is 0 Å². The largest absolute Gasteiger partial charge is 0.481 e. The molecule has 0 aliphatic heterocycles. The van der Waals surface area contributed by atoms with Crippen LogP contribution in [0.1, 0.15) is 51.9 Å². The Morgan fingerprint density at radius 2 is 1.70 bits per heavy atom. The van der Waals surface area contributed by atoms with Crippen molar-refractivity contribution in [2.24, 2.45) is 11.8 Å². The molecule has 0 aromatic heterocycles. The maximum absolute atomic E-state index is 12.7. The number of aliphatic carboxylic acids is 1. The van der Waals surface area contributed by atoms with Gasteiger partial charge in [-0.15, -0.1) is 0 Å². The van der Waals surface area contributed by atoms with Crippen LogP contribution in [0.15, 0.2) is 0 Å². The predicted octanol–water partition coefficient (Wildman–Crippen LogP) is 2.08. The Balaban J connectivity index is 2.11. The van der Waals surface area contributed by atoms with Crippen LogP contribution in [0.2, 0.25) is 0 Å². The van der Waals surface area contributed by atoms with Gasteiger partial charge in [0.1, 0.15) is 0 Å². The maximum atomic E-state index is 12.7. The summed E-state index contributed by atoms with van der Waals surface area (Å²) in [6.45, 7) is 2.20. The summed E-state index contributed by atoms with van der Waals surface area (Å²) < 4.78 is 26.9. The van der Waals surface area contributed by atoms with Gasteiger partial charge in [-0.1, -0.05) is 13.3 Å². The first kappa shape index (κ1) is 15.8. The highest BCUT2D eigenvalue weighted by Gasteiger charge is 2.45. The summed E-state index contributed by atoms with van der Waals surface area (Å²) in [7, 11) is -1.87. The lowest BCUT2D eigenvalue weighted by Gasteiger charge is -2.35. The summed E-state index contributed by atoms with van der Waals surface area (Å²) in [5, 5.41) is 8.46. The molecule has 1 N–H and O–H groups in total. The van der Waals surface area contributed by atoms with Crippen LogP contribution in [0.3, 0.4) is 0 Å². The second kappa shape index (κ2) is 6.02. The van der Waals surface area contributed by atoms with Crippen LogP contribution in [0.5, 0.6) is 0 Å². The molecule has 0 bridgehead atoms. The summed E-state index contributed by atoms with van der Waals surface area (Å²) in [6, 6.07) is 0.0474. The molecule has 0 amide bonds. The second-order valence-electron chi connectivity index (χ2n) is 6.39. The van der Waals surface area contributed by atoms with Gasteiger partial charge < -0.3 is 5.11 Å². The van der Waals surface area contributed by atoms with E-state index < -0.39 is 27.2 Å². The average molecular weight is 303 g/mol. The van der Waals surface area contributed by atoms with Crippen LogP contribution in [0.4, 0.5) is 0 Å². The first-order chi connectivity index (χ1) is 9.34. The average Bonchev–Trinajstić information content (AvgIpc) is 2.89. The van der Waals surface area contributed by atoms with Gasteiger partial charge in [0.2, 0.25) is 10.0 Å². The Labute approximate surface area is 121 Å². The monoisotopic (exact) mass is 303 g/mol. The molecule has 0 aromatic rings. The van der Waals surface area contributed by atoms with Gasteiger partial charge in [0.05, 0.1) is 11.2 Å². The standard InChI is InChI=1S/C14H25NO4S/c1-10-6-8-11(9-7-10)15(2)20(18,19)13-5-3-4-12(13)14(16)17/h10-13H,3-9H2,1-2H3,(H,16,17). The fourth-order valence-electron chi connectivity index (χ4n) is 3.59. The Bertz CT molecular complexity index is 454. The Kier molecular flexibility index (Phi) is 4.74. The number of nitrogens with zero attached hydrogens (tertiary/aromatic N) is 1.